The molecule has 0 aliphatic carbocycles. The van der Waals surface area contributed by atoms with E-state index in [1.54, 1.807) is 0 Å². The van der Waals surface area contributed by atoms with Crippen molar-refractivity contribution in [3.8, 4) is 11.5 Å². The average molecular weight is 357 g/mol. The SMILES string of the molecule is C=C[C@@H](C)[C@H](C)Oc1ccccc1.C[C@H](CO)[C@H](C)Oc1ccccc1. The molecule has 3 nitrogen and oxygen atoms in total. The number of para-hydroxylation sites is 2. The number of aliphatic hydroxyl groups is 1. The third kappa shape index (κ3) is 8.21. The molecule has 0 unspecified atom stereocenters. The van der Waals surface area contributed by atoms with E-state index >= 15 is 0 Å². The second kappa shape index (κ2) is 12.2. The minimum absolute atomic E-state index is 0.0485. The number of rotatable bonds is 8. The molecule has 26 heavy (non-hydrogen) atoms. The molecule has 4 atom stereocenters. The van der Waals surface area contributed by atoms with Crippen molar-refractivity contribution in [3.05, 3.63) is 73.3 Å². The van der Waals surface area contributed by atoms with Crippen LogP contribution in [-0.4, -0.2) is 23.9 Å². The standard InChI is InChI=1S/C12H16O.C11H16O2/c1-4-10(2)11(3)13-12-8-6-5-7-9-12;1-9(8-12)10(2)13-11-6-4-3-5-7-11/h4-11H,1H2,2-3H3;3-7,9-10,12H,8H2,1-2H3/t10-,11+;9-,10+/m11/s1. The Bertz CT molecular complexity index is 597. The van der Waals surface area contributed by atoms with Crippen molar-refractivity contribution in [3.63, 3.8) is 0 Å². The van der Waals surface area contributed by atoms with Crippen LogP contribution in [0.15, 0.2) is 73.3 Å². The van der Waals surface area contributed by atoms with Gasteiger partial charge in [0.1, 0.15) is 23.7 Å². The van der Waals surface area contributed by atoms with Gasteiger partial charge in [-0.05, 0) is 38.1 Å². The third-order valence-electron chi connectivity index (χ3n) is 4.33. The van der Waals surface area contributed by atoms with Crippen molar-refractivity contribution >= 4 is 0 Å². The maximum atomic E-state index is 8.90. The third-order valence-corrected chi connectivity index (χ3v) is 4.33. The summed E-state index contributed by atoms with van der Waals surface area (Å²) in [5.41, 5.74) is 0. The molecular weight excluding hydrogens is 324 g/mol. The highest BCUT2D eigenvalue weighted by Gasteiger charge is 2.12. The van der Waals surface area contributed by atoms with Crippen LogP contribution >= 0.6 is 0 Å². The Balaban J connectivity index is 0.000000260. The highest BCUT2D eigenvalue weighted by molar-refractivity contribution is 5.22. The van der Waals surface area contributed by atoms with Gasteiger partial charge in [-0.15, -0.1) is 6.58 Å². The first kappa shape index (κ1) is 21.8. The summed E-state index contributed by atoms with van der Waals surface area (Å²) in [4.78, 5) is 0. The van der Waals surface area contributed by atoms with E-state index in [9.17, 15) is 0 Å². The number of ether oxygens (including phenoxy) is 2. The van der Waals surface area contributed by atoms with E-state index in [-0.39, 0.29) is 24.7 Å². The number of hydrogen-bond donors (Lipinski definition) is 1. The van der Waals surface area contributed by atoms with E-state index in [1.807, 2.05) is 80.6 Å². The molecule has 0 amide bonds. The Hall–Kier alpha value is -2.26. The van der Waals surface area contributed by atoms with Crippen LogP contribution in [0.25, 0.3) is 0 Å². The molecule has 2 rings (SSSR count). The molecule has 0 aliphatic heterocycles. The Labute approximate surface area is 158 Å². The van der Waals surface area contributed by atoms with Crippen LogP contribution in [0.3, 0.4) is 0 Å². The van der Waals surface area contributed by atoms with Gasteiger partial charge < -0.3 is 14.6 Å². The second-order valence-corrected chi connectivity index (χ2v) is 6.53. The predicted octanol–water partition coefficient (Wildman–Crippen LogP) is 5.36. The zero-order chi connectivity index (χ0) is 19.4. The lowest BCUT2D eigenvalue weighted by molar-refractivity contribution is 0.110. The lowest BCUT2D eigenvalue weighted by Crippen LogP contribution is -2.23. The quantitative estimate of drug-likeness (QED) is 0.647. The van der Waals surface area contributed by atoms with E-state index in [0.29, 0.717) is 5.92 Å². The van der Waals surface area contributed by atoms with E-state index in [1.165, 1.54) is 0 Å². The van der Waals surface area contributed by atoms with Crippen LogP contribution in [0.5, 0.6) is 11.5 Å². The molecule has 2 aromatic carbocycles. The molecule has 0 spiro atoms. The molecule has 0 aromatic heterocycles. The molecule has 0 bridgehead atoms. The molecule has 0 saturated heterocycles. The first-order valence-electron chi connectivity index (χ1n) is 9.14. The molecule has 0 heterocycles. The maximum Gasteiger partial charge on any atom is 0.119 e. The van der Waals surface area contributed by atoms with Gasteiger partial charge in [0.15, 0.2) is 0 Å². The molecule has 0 saturated carbocycles. The van der Waals surface area contributed by atoms with Crippen LogP contribution in [0.2, 0.25) is 0 Å². The summed E-state index contributed by atoms with van der Waals surface area (Å²) < 4.78 is 11.3. The molecule has 142 valence electrons. The zero-order valence-electron chi connectivity index (χ0n) is 16.3. The first-order chi connectivity index (χ1) is 12.5. The van der Waals surface area contributed by atoms with Crippen molar-refractivity contribution in [2.45, 2.75) is 39.9 Å². The number of hydrogen-bond acceptors (Lipinski definition) is 3. The second-order valence-electron chi connectivity index (χ2n) is 6.53. The Kier molecular flexibility index (Phi) is 10.2. The maximum absolute atomic E-state index is 8.90. The Morgan fingerprint density at radius 3 is 1.62 bits per heavy atom. The summed E-state index contributed by atoms with van der Waals surface area (Å²) in [6.07, 6.45) is 2.14. The lowest BCUT2D eigenvalue weighted by atomic mass is 10.1. The van der Waals surface area contributed by atoms with Crippen LogP contribution in [0.4, 0.5) is 0 Å². The van der Waals surface area contributed by atoms with Crippen LogP contribution in [0.1, 0.15) is 27.7 Å². The first-order valence-corrected chi connectivity index (χ1v) is 9.14. The van der Waals surface area contributed by atoms with Crippen LogP contribution in [0, 0.1) is 11.8 Å². The summed E-state index contributed by atoms with van der Waals surface area (Å²) >= 11 is 0. The molecule has 2 aromatic rings. The summed E-state index contributed by atoms with van der Waals surface area (Å²) in [7, 11) is 0. The van der Waals surface area contributed by atoms with Gasteiger partial charge in [-0.3, -0.25) is 0 Å². The monoisotopic (exact) mass is 356 g/mol. The van der Waals surface area contributed by atoms with E-state index in [4.69, 9.17) is 14.6 Å². The Morgan fingerprint density at radius 2 is 1.23 bits per heavy atom. The van der Waals surface area contributed by atoms with Crippen molar-refractivity contribution in [1.29, 1.82) is 0 Å². The fraction of sp³-hybridized carbons (Fsp3) is 0.391. The minimum atomic E-state index is 0.0485. The molecule has 1 N–H and O–H groups in total. The van der Waals surface area contributed by atoms with Gasteiger partial charge in [-0.25, -0.2) is 0 Å². The minimum Gasteiger partial charge on any atom is -0.490 e. The van der Waals surface area contributed by atoms with E-state index < -0.39 is 0 Å². The summed E-state index contributed by atoms with van der Waals surface area (Å²) in [6, 6.07) is 19.5. The van der Waals surface area contributed by atoms with Crippen LogP contribution in [-0.2, 0) is 0 Å². The topological polar surface area (TPSA) is 38.7 Å². The van der Waals surface area contributed by atoms with E-state index in [2.05, 4.69) is 20.4 Å². The Morgan fingerprint density at radius 1 is 0.808 bits per heavy atom. The van der Waals surface area contributed by atoms with Gasteiger partial charge in [-0.2, -0.15) is 0 Å². The highest BCUT2D eigenvalue weighted by atomic mass is 16.5. The molecule has 0 fully saturated rings. The van der Waals surface area contributed by atoms with Gasteiger partial charge in [0.2, 0.25) is 0 Å². The van der Waals surface area contributed by atoms with E-state index in [0.717, 1.165) is 11.5 Å². The van der Waals surface area contributed by atoms with Gasteiger partial charge >= 0.3 is 0 Å². The molecule has 0 radical (unpaired) electrons. The number of benzene rings is 2. The van der Waals surface area contributed by atoms with Crippen molar-refractivity contribution in [2.75, 3.05) is 6.61 Å². The fourth-order valence-electron chi connectivity index (χ4n) is 1.99. The zero-order valence-corrected chi connectivity index (χ0v) is 16.3. The number of aliphatic hydroxyl groups excluding tert-OH is 1. The summed E-state index contributed by atoms with van der Waals surface area (Å²) in [5, 5.41) is 8.90. The average Bonchev–Trinajstić information content (AvgIpc) is 2.68. The highest BCUT2D eigenvalue weighted by Crippen LogP contribution is 2.15. The van der Waals surface area contributed by atoms with Gasteiger partial charge in [-0.1, -0.05) is 56.3 Å². The predicted molar refractivity (Wildman–Crippen MR) is 109 cm³/mol. The van der Waals surface area contributed by atoms with Crippen molar-refractivity contribution < 1.29 is 14.6 Å². The molecule has 0 aliphatic rings. The van der Waals surface area contributed by atoms with Gasteiger partial charge in [0, 0.05) is 18.4 Å². The van der Waals surface area contributed by atoms with Crippen molar-refractivity contribution in [1.82, 2.24) is 0 Å². The van der Waals surface area contributed by atoms with Gasteiger partial charge in [0.05, 0.1) is 0 Å². The fourth-order valence-corrected chi connectivity index (χ4v) is 1.99. The van der Waals surface area contributed by atoms with Gasteiger partial charge in [0.25, 0.3) is 0 Å². The molecular formula is C23H32O3. The normalized spacial score (nSPS) is 14.8. The summed E-state index contributed by atoms with van der Waals surface area (Å²) in [5.74, 6) is 2.32. The van der Waals surface area contributed by atoms with Crippen molar-refractivity contribution in [2.24, 2.45) is 11.8 Å². The summed E-state index contributed by atoms with van der Waals surface area (Å²) in [6.45, 7) is 12.0. The lowest BCUT2D eigenvalue weighted by Gasteiger charge is -2.19. The smallest absolute Gasteiger partial charge is 0.119 e. The molecule has 3 heteroatoms. The largest absolute Gasteiger partial charge is 0.490 e. The van der Waals surface area contributed by atoms with Crippen LogP contribution < -0.4 is 9.47 Å².